The molecule has 0 fully saturated rings. The summed E-state index contributed by atoms with van der Waals surface area (Å²) in [6.07, 6.45) is 1.82. The normalized spacial score (nSPS) is 11.7. The fraction of sp³-hybridized carbons (Fsp3) is 0.259. The molecule has 0 bridgehead atoms. The molecule has 0 aliphatic heterocycles. The van der Waals surface area contributed by atoms with Crippen LogP contribution in [-0.2, 0) is 16.0 Å². The molecule has 4 heteroatoms. The number of rotatable bonds is 10. The standard InChI is InChI=1S/C27H30N2O2/c1-21(29-26(30)18-17-22-11-5-2-6-12-22)27(31)28-20-19-25(23-13-7-3-8-14-23)24-15-9-4-10-16-24/h2-16,21,25H,17-20H2,1H3,(H,28,31)(H,29,30). The number of hydrogen-bond acceptors (Lipinski definition) is 2. The Labute approximate surface area is 184 Å². The molecule has 0 aliphatic rings. The molecule has 1 atom stereocenters. The van der Waals surface area contributed by atoms with Gasteiger partial charge in [0.2, 0.25) is 11.8 Å². The number of carbonyl (C=O) groups excluding carboxylic acids is 2. The highest BCUT2D eigenvalue weighted by molar-refractivity contribution is 5.87. The molecular formula is C27H30N2O2. The van der Waals surface area contributed by atoms with Gasteiger partial charge in [-0.25, -0.2) is 0 Å². The first-order chi connectivity index (χ1) is 15.1. The van der Waals surface area contributed by atoms with E-state index in [1.807, 2.05) is 66.7 Å². The zero-order valence-corrected chi connectivity index (χ0v) is 18.0. The molecule has 3 rings (SSSR count). The number of amides is 2. The average Bonchev–Trinajstić information content (AvgIpc) is 2.82. The van der Waals surface area contributed by atoms with Gasteiger partial charge in [0, 0.05) is 18.9 Å². The largest absolute Gasteiger partial charge is 0.354 e. The third kappa shape index (κ3) is 7.10. The molecule has 4 nitrogen and oxygen atoms in total. The Bertz CT molecular complexity index is 903. The number of aryl methyl sites for hydroxylation is 1. The van der Waals surface area contributed by atoms with Crippen molar-refractivity contribution in [3.63, 3.8) is 0 Å². The molecule has 0 saturated heterocycles. The number of nitrogens with one attached hydrogen (secondary N) is 2. The summed E-state index contributed by atoms with van der Waals surface area (Å²) in [7, 11) is 0. The Kier molecular flexibility index (Phi) is 8.41. The lowest BCUT2D eigenvalue weighted by Crippen LogP contribution is -2.45. The van der Waals surface area contributed by atoms with Gasteiger partial charge in [-0.05, 0) is 36.5 Å². The first-order valence-corrected chi connectivity index (χ1v) is 10.8. The topological polar surface area (TPSA) is 58.2 Å². The van der Waals surface area contributed by atoms with Gasteiger partial charge in [-0.15, -0.1) is 0 Å². The Hall–Kier alpha value is -3.40. The minimum Gasteiger partial charge on any atom is -0.354 e. The fourth-order valence-corrected chi connectivity index (χ4v) is 3.67. The van der Waals surface area contributed by atoms with E-state index in [1.54, 1.807) is 6.92 Å². The van der Waals surface area contributed by atoms with Crippen LogP contribution in [0.4, 0.5) is 0 Å². The molecule has 31 heavy (non-hydrogen) atoms. The van der Waals surface area contributed by atoms with E-state index in [1.165, 1.54) is 11.1 Å². The smallest absolute Gasteiger partial charge is 0.242 e. The van der Waals surface area contributed by atoms with E-state index in [2.05, 4.69) is 34.9 Å². The predicted octanol–water partition coefficient (Wildman–Crippen LogP) is 4.46. The molecule has 2 amide bonds. The van der Waals surface area contributed by atoms with E-state index in [4.69, 9.17) is 0 Å². The number of hydrogen-bond donors (Lipinski definition) is 2. The summed E-state index contributed by atoms with van der Waals surface area (Å²) in [6.45, 7) is 2.26. The highest BCUT2D eigenvalue weighted by Gasteiger charge is 2.17. The van der Waals surface area contributed by atoms with Crippen LogP contribution in [0.25, 0.3) is 0 Å². The van der Waals surface area contributed by atoms with Crippen LogP contribution in [-0.4, -0.2) is 24.4 Å². The van der Waals surface area contributed by atoms with Gasteiger partial charge in [-0.2, -0.15) is 0 Å². The van der Waals surface area contributed by atoms with Crippen LogP contribution in [0.1, 0.15) is 42.4 Å². The quantitative estimate of drug-likeness (QED) is 0.515. The molecule has 0 spiro atoms. The minimum absolute atomic E-state index is 0.113. The van der Waals surface area contributed by atoms with E-state index >= 15 is 0 Å². The lowest BCUT2D eigenvalue weighted by atomic mass is 9.88. The van der Waals surface area contributed by atoms with Crippen molar-refractivity contribution in [2.24, 2.45) is 0 Å². The predicted molar refractivity (Wildman–Crippen MR) is 125 cm³/mol. The molecule has 3 aromatic carbocycles. The highest BCUT2D eigenvalue weighted by Crippen LogP contribution is 2.27. The van der Waals surface area contributed by atoms with Gasteiger partial charge in [0.1, 0.15) is 6.04 Å². The van der Waals surface area contributed by atoms with Gasteiger partial charge in [0.15, 0.2) is 0 Å². The van der Waals surface area contributed by atoms with E-state index in [9.17, 15) is 9.59 Å². The van der Waals surface area contributed by atoms with Crippen LogP contribution in [0.15, 0.2) is 91.0 Å². The maximum atomic E-state index is 12.5. The van der Waals surface area contributed by atoms with Crippen molar-refractivity contribution in [3.05, 3.63) is 108 Å². The van der Waals surface area contributed by atoms with E-state index in [0.29, 0.717) is 19.4 Å². The zero-order chi connectivity index (χ0) is 21.9. The van der Waals surface area contributed by atoms with Crippen LogP contribution in [0.3, 0.4) is 0 Å². The second-order valence-corrected chi connectivity index (χ2v) is 7.73. The van der Waals surface area contributed by atoms with Crippen LogP contribution in [0.2, 0.25) is 0 Å². The van der Waals surface area contributed by atoms with E-state index in [-0.39, 0.29) is 17.7 Å². The summed E-state index contributed by atoms with van der Waals surface area (Å²) in [6, 6.07) is 30.0. The summed E-state index contributed by atoms with van der Waals surface area (Å²) in [5.41, 5.74) is 3.57. The summed E-state index contributed by atoms with van der Waals surface area (Å²) in [5, 5.41) is 5.78. The van der Waals surface area contributed by atoms with Gasteiger partial charge in [-0.1, -0.05) is 91.0 Å². The third-order valence-electron chi connectivity index (χ3n) is 5.39. The Morgan fingerprint density at radius 2 is 1.29 bits per heavy atom. The molecule has 0 aliphatic carbocycles. The van der Waals surface area contributed by atoms with Crippen molar-refractivity contribution in [2.75, 3.05) is 6.54 Å². The van der Waals surface area contributed by atoms with Gasteiger partial charge < -0.3 is 10.6 Å². The second-order valence-electron chi connectivity index (χ2n) is 7.73. The van der Waals surface area contributed by atoms with Crippen molar-refractivity contribution in [3.8, 4) is 0 Å². The van der Waals surface area contributed by atoms with Gasteiger partial charge in [0.25, 0.3) is 0 Å². The molecular weight excluding hydrogens is 384 g/mol. The van der Waals surface area contributed by atoms with E-state index < -0.39 is 6.04 Å². The van der Waals surface area contributed by atoms with Crippen molar-refractivity contribution < 1.29 is 9.59 Å². The van der Waals surface area contributed by atoms with Crippen molar-refractivity contribution >= 4 is 11.8 Å². The van der Waals surface area contributed by atoms with Crippen molar-refractivity contribution in [2.45, 2.75) is 38.1 Å². The van der Waals surface area contributed by atoms with Crippen molar-refractivity contribution in [1.82, 2.24) is 10.6 Å². The van der Waals surface area contributed by atoms with Crippen LogP contribution in [0.5, 0.6) is 0 Å². The van der Waals surface area contributed by atoms with Gasteiger partial charge >= 0.3 is 0 Å². The Morgan fingerprint density at radius 3 is 1.84 bits per heavy atom. The zero-order valence-electron chi connectivity index (χ0n) is 18.0. The Balaban J connectivity index is 1.47. The highest BCUT2D eigenvalue weighted by atomic mass is 16.2. The molecule has 0 radical (unpaired) electrons. The molecule has 0 heterocycles. The first-order valence-electron chi connectivity index (χ1n) is 10.8. The minimum atomic E-state index is -0.560. The molecule has 0 saturated carbocycles. The first kappa shape index (κ1) is 22.3. The molecule has 2 N–H and O–H groups in total. The van der Waals surface area contributed by atoms with Gasteiger partial charge in [-0.3, -0.25) is 9.59 Å². The lowest BCUT2D eigenvalue weighted by Gasteiger charge is -2.19. The SMILES string of the molecule is CC(NC(=O)CCc1ccccc1)C(=O)NCCC(c1ccccc1)c1ccccc1. The Morgan fingerprint density at radius 1 is 0.774 bits per heavy atom. The summed E-state index contributed by atoms with van der Waals surface area (Å²) < 4.78 is 0. The summed E-state index contributed by atoms with van der Waals surface area (Å²) in [5.74, 6) is -0.0654. The summed E-state index contributed by atoms with van der Waals surface area (Å²) >= 11 is 0. The van der Waals surface area contributed by atoms with Gasteiger partial charge in [0.05, 0.1) is 0 Å². The van der Waals surface area contributed by atoms with E-state index in [0.717, 1.165) is 12.0 Å². The molecule has 0 aromatic heterocycles. The lowest BCUT2D eigenvalue weighted by molar-refractivity contribution is -0.128. The third-order valence-corrected chi connectivity index (χ3v) is 5.39. The van der Waals surface area contributed by atoms with Crippen LogP contribution >= 0.6 is 0 Å². The maximum absolute atomic E-state index is 12.5. The molecule has 3 aromatic rings. The molecule has 1 unspecified atom stereocenters. The number of benzene rings is 3. The van der Waals surface area contributed by atoms with Crippen LogP contribution in [0, 0.1) is 0 Å². The van der Waals surface area contributed by atoms with Crippen LogP contribution < -0.4 is 10.6 Å². The van der Waals surface area contributed by atoms with Crippen molar-refractivity contribution in [1.29, 1.82) is 0 Å². The second kappa shape index (κ2) is 11.7. The fourth-order valence-electron chi connectivity index (χ4n) is 3.67. The molecule has 160 valence electrons. The maximum Gasteiger partial charge on any atom is 0.242 e. The monoisotopic (exact) mass is 414 g/mol. The average molecular weight is 415 g/mol. The number of carbonyl (C=O) groups is 2. The summed E-state index contributed by atoms with van der Waals surface area (Å²) in [4.78, 5) is 24.7.